The third-order valence-electron chi connectivity index (χ3n) is 7.07. The minimum absolute atomic E-state index is 0. The van der Waals surface area contributed by atoms with Gasteiger partial charge in [-0.1, -0.05) is 13.8 Å². The largest absolute Gasteiger partial charge is 0.335 e. The van der Waals surface area contributed by atoms with Crippen molar-refractivity contribution in [2.24, 2.45) is 5.92 Å². The van der Waals surface area contributed by atoms with E-state index in [1.165, 1.54) is 11.3 Å². The summed E-state index contributed by atoms with van der Waals surface area (Å²) in [4.78, 5) is 47.3. The second-order valence-corrected chi connectivity index (χ2v) is 10.7. The standard InChI is InChI=1S/C28H22N8O2S.CH4/c1-14(37)22-5-6-23(39-22)20-12-30-13-21-24(20)34-27(33-21)25-19-8-17(10-31-26(19)36-35-25)16-7-18(11-29-9-16)32-28(38)15-3-2-4-15;/h5-13,15H,2-4H2,1H3,(H,32,38)(H,33,34)(H,31,35,36);1H4. The summed E-state index contributed by atoms with van der Waals surface area (Å²) < 4.78 is 0. The van der Waals surface area contributed by atoms with Gasteiger partial charge in [0, 0.05) is 46.1 Å². The van der Waals surface area contributed by atoms with E-state index in [1.807, 2.05) is 24.3 Å². The first-order chi connectivity index (χ1) is 19.0. The summed E-state index contributed by atoms with van der Waals surface area (Å²) in [5.41, 5.74) is 5.95. The summed E-state index contributed by atoms with van der Waals surface area (Å²) in [5, 5.41) is 11.2. The third kappa shape index (κ3) is 4.43. The number of aromatic nitrogens is 7. The first kappa shape index (κ1) is 25.5. The highest BCUT2D eigenvalue weighted by molar-refractivity contribution is 7.17. The van der Waals surface area contributed by atoms with Gasteiger partial charge in [0.05, 0.1) is 33.9 Å². The molecule has 40 heavy (non-hydrogen) atoms. The van der Waals surface area contributed by atoms with E-state index in [4.69, 9.17) is 4.98 Å². The molecule has 11 heteroatoms. The van der Waals surface area contributed by atoms with Crippen LogP contribution in [0.1, 0.15) is 43.3 Å². The molecule has 3 N–H and O–H groups in total. The number of H-pyrrole nitrogens is 2. The molecule has 0 atom stereocenters. The molecule has 0 saturated heterocycles. The Morgan fingerprint density at radius 2 is 1.85 bits per heavy atom. The number of aromatic amines is 2. The Morgan fingerprint density at radius 1 is 1.02 bits per heavy atom. The molecule has 0 aliphatic heterocycles. The van der Waals surface area contributed by atoms with Gasteiger partial charge >= 0.3 is 0 Å². The van der Waals surface area contributed by atoms with Gasteiger partial charge in [0.2, 0.25) is 5.91 Å². The Bertz CT molecular complexity index is 1900. The predicted molar refractivity (Wildman–Crippen MR) is 156 cm³/mol. The van der Waals surface area contributed by atoms with Crippen molar-refractivity contribution >= 4 is 50.8 Å². The minimum atomic E-state index is 0. The molecule has 1 fully saturated rings. The van der Waals surface area contributed by atoms with Crippen LogP contribution in [0.5, 0.6) is 0 Å². The normalized spacial score (nSPS) is 13.2. The molecule has 6 aromatic rings. The lowest BCUT2D eigenvalue weighted by Gasteiger charge is -2.24. The van der Waals surface area contributed by atoms with Crippen LogP contribution in [0.3, 0.4) is 0 Å². The number of nitrogens with zero attached hydrogens (tertiary/aromatic N) is 5. The van der Waals surface area contributed by atoms with Crippen LogP contribution in [0.4, 0.5) is 5.69 Å². The number of thiophene rings is 1. The van der Waals surface area contributed by atoms with Crippen molar-refractivity contribution < 1.29 is 9.59 Å². The van der Waals surface area contributed by atoms with Crippen LogP contribution in [0.2, 0.25) is 0 Å². The Hall–Kier alpha value is -4.77. The number of Topliss-reactive ketones (excluding diaryl/α,β-unsaturated/α-hetero) is 1. The second-order valence-electron chi connectivity index (χ2n) is 9.66. The number of hydrogen-bond acceptors (Lipinski definition) is 8. The molecular formula is C29H26N8O2S. The molecular weight excluding hydrogens is 524 g/mol. The number of imidazole rings is 1. The smallest absolute Gasteiger partial charge is 0.227 e. The van der Waals surface area contributed by atoms with Crippen LogP contribution in [-0.4, -0.2) is 46.8 Å². The second kappa shape index (κ2) is 10.1. The first-order valence-electron chi connectivity index (χ1n) is 12.6. The molecule has 6 aromatic heterocycles. The highest BCUT2D eigenvalue weighted by Gasteiger charge is 2.25. The Morgan fingerprint density at radius 3 is 2.62 bits per heavy atom. The number of carbonyl (C=O) groups excluding carboxylic acids is 2. The van der Waals surface area contributed by atoms with Crippen molar-refractivity contribution in [2.75, 3.05) is 5.32 Å². The lowest BCUT2D eigenvalue weighted by atomic mass is 9.85. The number of amides is 1. The topological polar surface area (TPSA) is 142 Å². The van der Waals surface area contributed by atoms with Gasteiger partial charge in [-0.25, -0.2) is 9.97 Å². The lowest BCUT2D eigenvalue weighted by molar-refractivity contribution is -0.122. The van der Waals surface area contributed by atoms with Gasteiger partial charge in [-0.15, -0.1) is 11.3 Å². The monoisotopic (exact) mass is 550 g/mol. The summed E-state index contributed by atoms with van der Waals surface area (Å²) in [6.07, 6.45) is 11.6. The number of hydrogen-bond donors (Lipinski definition) is 3. The van der Waals surface area contributed by atoms with E-state index in [9.17, 15) is 9.59 Å². The van der Waals surface area contributed by atoms with Crippen LogP contribution < -0.4 is 5.32 Å². The highest BCUT2D eigenvalue weighted by Crippen LogP contribution is 2.35. The van der Waals surface area contributed by atoms with E-state index in [0.717, 1.165) is 57.2 Å². The van der Waals surface area contributed by atoms with Crippen molar-refractivity contribution in [1.82, 2.24) is 35.1 Å². The number of pyridine rings is 3. The van der Waals surface area contributed by atoms with E-state index in [2.05, 4.69) is 35.5 Å². The SMILES string of the molecule is C.CC(=O)c1ccc(-c2cncc3[nH]c(-c4[nH]nc5ncc(-c6cncc(NC(=O)C7CCC7)c6)cc45)nc23)s1. The Labute approximate surface area is 233 Å². The summed E-state index contributed by atoms with van der Waals surface area (Å²) in [5.74, 6) is 0.770. The quantitative estimate of drug-likeness (QED) is 0.208. The van der Waals surface area contributed by atoms with Crippen molar-refractivity contribution in [2.45, 2.75) is 33.6 Å². The van der Waals surface area contributed by atoms with Gasteiger partial charge in [-0.05, 0) is 44.0 Å². The van der Waals surface area contributed by atoms with Gasteiger partial charge in [-0.2, -0.15) is 5.10 Å². The van der Waals surface area contributed by atoms with E-state index in [-0.39, 0.29) is 25.0 Å². The van der Waals surface area contributed by atoms with Crippen LogP contribution in [0.15, 0.2) is 55.2 Å². The molecule has 0 aromatic carbocycles. The van der Waals surface area contributed by atoms with E-state index < -0.39 is 0 Å². The van der Waals surface area contributed by atoms with Gasteiger partial charge in [0.25, 0.3) is 0 Å². The molecule has 6 heterocycles. The molecule has 0 radical (unpaired) electrons. The van der Waals surface area contributed by atoms with Gasteiger partial charge < -0.3 is 10.3 Å². The molecule has 0 bridgehead atoms. The molecule has 1 saturated carbocycles. The fourth-order valence-corrected chi connectivity index (χ4v) is 5.63. The third-order valence-corrected chi connectivity index (χ3v) is 8.29. The van der Waals surface area contributed by atoms with E-state index in [0.29, 0.717) is 27.7 Å². The molecule has 7 rings (SSSR count). The number of nitrogens with one attached hydrogen (secondary N) is 3. The average molecular weight is 551 g/mol. The maximum absolute atomic E-state index is 12.4. The zero-order valence-corrected chi connectivity index (χ0v) is 21.7. The maximum Gasteiger partial charge on any atom is 0.227 e. The summed E-state index contributed by atoms with van der Waals surface area (Å²) in [6, 6.07) is 7.64. The van der Waals surface area contributed by atoms with Gasteiger partial charge in [0.15, 0.2) is 17.3 Å². The van der Waals surface area contributed by atoms with E-state index in [1.54, 1.807) is 37.9 Å². The lowest BCUT2D eigenvalue weighted by Crippen LogP contribution is -2.28. The Kier molecular flexibility index (Phi) is 6.43. The summed E-state index contributed by atoms with van der Waals surface area (Å²) in [7, 11) is 0. The molecule has 1 aliphatic carbocycles. The van der Waals surface area contributed by atoms with Crippen LogP contribution in [-0.2, 0) is 4.79 Å². The van der Waals surface area contributed by atoms with Crippen LogP contribution >= 0.6 is 11.3 Å². The molecule has 200 valence electrons. The average Bonchev–Trinajstić information content (AvgIpc) is 3.65. The maximum atomic E-state index is 12.4. The number of carbonyl (C=O) groups is 2. The molecule has 0 spiro atoms. The predicted octanol–water partition coefficient (Wildman–Crippen LogP) is 6.26. The number of rotatable bonds is 6. The molecule has 1 aliphatic rings. The van der Waals surface area contributed by atoms with Crippen molar-refractivity contribution in [3.63, 3.8) is 0 Å². The molecule has 10 nitrogen and oxygen atoms in total. The summed E-state index contributed by atoms with van der Waals surface area (Å²) >= 11 is 1.42. The fourth-order valence-electron chi connectivity index (χ4n) is 4.72. The van der Waals surface area contributed by atoms with Gasteiger partial charge in [0.1, 0.15) is 11.2 Å². The van der Waals surface area contributed by atoms with Crippen molar-refractivity contribution in [3.05, 3.63) is 60.1 Å². The summed E-state index contributed by atoms with van der Waals surface area (Å²) in [6.45, 7) is 1.56. The Balaban J connectivity index is 0.00000289. The van der Waals surface area contributed by atoms with Crippen LogP contribution in [0, 0.1) is 5.92 Å². The van der Waals surface area contributed by atoms with Gasteiger partial charge in [-0.3, -0.25) is 24.7 Å². The zero-order chi connectivity index (χ0) is 26.5. The number of anilines is 1. The number of fused-ring (bicyclic) bond motifs is 2. The first-order valence-corrected chi connectivity index (χ1v) is 13.4. The minimum Gasteiger partial charge on any atom is -0.335 e. The zero-order valence-electron chi connectivity index (χ0n) is 20.9. The van der Waals surface area contributed by atoms with E-state index >= 15 is 0 Å². The van der Waals surface area contributed by atoms with Crippen molar-refractivity contribution in [3.8, 4) is 33.1 Å². The van der Waals surface area contributed by atoms with Crippen molar-refractivity contribution in [1.29, 1.82) is 0 Å². The fraction of sp³-hybridized carbons (Fsp3) is 0.207. The number of ketones is 1. The molecule has 1 amide bonds. The molecule has 0 unspecified atom stereocenters. The van der Waals surface area contributed by atoms with Crippen LogP contribution in [0.25, 0.3) is 55.2 Å². The highest BCUT2D eigenvalue weighted by atomic mass is 32.1.